The fourth-order valence-corrected chi connectivity index (χ4v) is 2.36. The first kappa shape index (κ1) is 16.2. The van der Waals surface area contributed by atoms with Crippen molar-refractivity contribution in [3.63, 3.8) is 0 Å². The zero-order chi connectivity index (χ0) is 14.3. The monoisotopic (exact) mass is 272 g/mol. The zero-order valence-corrected chi connectivity index (χ0v) is 12.4. The van der Waals surface area contributed by atoms with Gasteiger partial charge in [-0.1, -0.05) is 0 Å². The summed E-state index contributed by atoms with van der Waals surface area (Å²) in [6.45, 7) is 8.59. The van der Waals surface area contributed by atoms with E-state index in [-0.39, 0.29) is 12.7 Å². The summed E-state index contributed by atoms with van der Waals surface area (Å²) < 4.78 is 5.23. The third-order valence-electron chi connectivity index (χ3n) is 3.23. The van der Waals surface area contributed by atoms with Crippen molar-refractivity contribution >= 4 is 6.09 Å². The Balaban J connectivity index is 2.25. The summed E-state index contributed by atoms with van der Waals surface area (Å²) in [5.74, 6) is 0. The molecule has 1 fully saturated rings. The fraction of sp³-hybridized carbons (Fsp3) is 0.929. The first-order valence-corrected chi connectivity index (χ1v) is 7.24. The van der Waals surface area contributed by atoms with E-state index in [0.717, 1.165) is 32.4 Å². The van der Waals surface area contributed by atoms with Gasteiger partial charge in [0.1, 0.15) is 5.60 Å². The molecular formula is C14H28N2O3. The molecule has 0 radical (unpaired) electrons. The lowest BCUT2D eigenvalue weighted by atomic mass is 10.2. The molecule has 112 valence electrons. The molecule has 1 atom stereocenters. The summed E-state index contributed by atoms with van der Waals surface area (Å²) in [7, 11) is 0. The highest BCUT2D eigenvalue weighted by molar-refractivity contribution is 5.67. The number of amides is 1. The Hall–Kier alpha value is -0.810. The predicted octanol–water partition coefficient (Wildman–Crippen LogP) is 1.75. The van der Waals surface area contributed by atoms with Gasteiger partial charge in [0.2, 0.25) is 0 Å². The first-order chi connectivity index (χ1) is 8.92. The van der Waals surface area contributed by atoms with E-state index in [9.17, 15) is 4.79 Å². The summed E-state index contributed by atoms with van der Waals surface area (Å²) in [6.07, 6.45) is 3.83. The highest BCUT2D eigenvalue weighted by Crippen LogP contribution is 2.17. The Bertz CT molecular complexity index is 276. The van der Waals surface area contributed by atoms with Crippen LogP contribution in [0, 0.1) is 0 Å². The second-order valence-electron chi connectivity index (χ2n) is 6.15. The number of likely N-dealkylation sites (tertiary alicyclic amines) is 1. The largest absolute Gasteiger partial charge is 0.444 e. The minimum Gasteiger partial charge on any atom is -0.444 e. The number of aliphatic hydroxyl groups excluding tert-OH is 1. The van der Waals surface area contributed by atoms with Gasteiger partial charge in [-0.05, 0) is 59.5 Å². The molecule has 5 heteroatoms. The van der Waals surface area contributed by atoms with Crippen LogP contribution in [0.4, 0.5) is 4.79 Å². The topological polar surface area (TPSA) is 61.8 Å². The predicted molar refractivity (Wildman–Crippen MR) is 75.2 cm³/mol. The SMILES string of the molecule is CC(C)(C)OC(=O)NCC1CCCN1CCCCO. The Kier molecular flexibility index (Phi) is 6.58. The number of rotatable bonds is 6. The highest BCUT2D eigenvalue weighted by Gasteiger charge is 2.25. The summed E-state index contributed by atoms with van der Waals surface area (Å²) in [4.78, 5) is 14.0. The van der Waals surface area contributed by atoms with Crippen molar-refractivity contribution in [2.75, 3.05) is 26.2 Å². The normalized spacial score (nSPS) is 20.5. The second kappa shape index (κ2) is 7.70. The number of hydrogen-bond acceptors (Lipinski definition) is 4. The Morgan fingerprint density at radius 2 is 2.16 bits per heavy atom. The van der Waals surface area contributed by atoms with E-state index in [1.165, 1.54) is 6.42 Å². The van der Waals surface area contributed by atoms with Gasteiger partial charge in [0.25, 0.3) is 0 Å². The van der Waals surface area contributed by atoms with Gasteiger partial charge in [0.05, 0.1) is 0 Å². The molecular weight excluding hydrogens is 244 g/mol. The number of carbonyl (C=O) groups is 1. The molecule has 1 rings (SSSR count). The van der Waals surface area contributed by atoms with Crippen LogP contribution in [-0.2, 0) is 4.74 Å². The number of carbonyl (C=O) groups excluding carboxylic acids is 1. The van der Waals surface area contributed by atoms with E-state index >= 15 is 0 Å². The molecule has 0 aromatic rings. The number of aliphatic hydroxyl groups is 1. The summed E-state index contributed by atoms with van der Waals surface area (Å²) in [5, 5.41) is 11.6. The number of hydrogen-bond donors (Lipinski definition) is 2. The molecule has 0 aromatic heterocycles. The average molecular weight is 272 g/mol. The minimum atomic E-state index is -0.444. The van der Waals surface area contributed by atoms with Gasteiger partial charge >= 0.3 is 6.09 Å². The van der Waals surface area contributed by atoms with Gasteiger partial charge in [-0.3, -0.25) is 4.90 Å². The van der Waals surface area contributed by atoms with Crippen molar-refractivity contribution in [1.82, 2.24) is 10.2 Å². The van der Waals surface area contributed by atoms with Crippen LogP contribution < -0.4 is 5.32 Å². The van der Waals surface area contributed by atoms with Gasteiger partial charge in [-0.25, -0.2) is 4.79 Å². The van der Waals surface area contributed by atoms with E-state index in [4.69, 9.17) is 9.84 Å². The zero-order valence-electron chi connectivity index (χ0n) is 12.4. The van der Waals surface area contributed by atoms with E-state index in [1.807, 2.05) is 20.8 Å². The number of nitrogens with zero attached hydrogens (tertiary/aromatic N) is 1. The van der Waals surface area contributed by atoms with Crippen LogP contribution in [0.1, 0.15) is 46.5 Å². The van der Waals surface area contributed by atoms with Gasteiger partial charge < -0.3 is 15.2 Å². The third-order valence-corrected chi connectivity index (χ3v) is 3.23. The molecule has 19 heavy (non-hydrogen) atoms. The quantitative estimate of drug-likeness (QED) is 0.723. The molecule has 1 heterocycles. The van der Waals surface area contributed by atoms with Gasteiger partial charge in [0, 0.05) is 19.2 Å². The molecule has 0 spiro atoms. The molecule has 1 aliphatic heterocycles. The summed E-state index contributed by atoms with van der Waals surface area (Å²) in [6, 6.07) is 0.409. The number of ether oxygens (including phenoxy) is 1. The lowest BCUT2D eigenvalue weighted by Crippen LogP contribution is -2.42. The fourth-order valence-electron chi connectivity index (χ4n) is 2.36. The Labute approximate surface area is 116 Å². The lowest BCUT2D eigenvalue weighted by molar-refractivity contribution is 0.0513. The van der Waals surface area contributed by atoms with E-state index < -0.39 is 5.60 Å². The summed E-state index contributed by atoms with van der Waals surface area (Å²) >= 11 is 0. The Morgan fingerprint density at radius 1 is 1.42 bits per heavy atom. The van der Waals surface area contributed by atoms with Crippen LogP contribution in [0.15, 0.2) is 0 Å². The third kappa shape index (κ3) is 6.78. The smallest absolute Gasteiger partial charge is 0.407 e. The molecule has 0 aromatic carbocycles. The van der Waals surface area contributed by atoms with Crippen LogP contribution in [0.25, 0.3) is 0 Å². The molecule has 1 aliphatic rings. The van der Waals surface area contributed by atoms with Crippen LogP contribution in [0.5, 0.6) is 0 Å². The average Bonchev–Trinajstić information content (AvgIpc) is 2.72. The van der Waals surface area contributed by atoms with E-state index in [0.29, 0.717) is 12.6 Å². The van der Waals surface area contributed by atoms with E-state index in [1.54, 1.807) is 0 Å². The molecule has 2 N–H and O–H groups in total. The van der Waals surface area contributed by atoms with Crippen molar-refractivity contribution in [3.05, 3.63) is 0 Å². The Morgan fingerprint density at radius 3 is 2.79 bits per heavy atom. The maximum absolute atomic E-state index is 11.6. The van der Waals surface area contributed by atoms with Crippen LogP contribution >= 0.6 is 0 Å². The van der Waals surface area contributed by atoms with Gasteiger partial charge in [-0.2, -0.15) is 0 Å². The van der Waals surface area contributed by atoms with E-state index in [2.05, 4.69) is 10.2 Å². The lowest BCUT2D eigenvalue weighted by Gasteiger charge is -2.25. The minimum absolute atomic E-state index is 0.259. The van der Waals surface area contributed by atoms with Crippen molar-refractivity contribution in [2.45, 2.75) is 58.1 Å². The number of alkyl carbamates (subject to hydrolysis) is 1. The van der Waals surface area contributed by atoms with Gasteiger partial charge in [0.15, 0.2) is 0 Å². The number of unbranched alkanes of at least 4 members (excludes halogenated alkanes) is 1. The van der Waals surface area contributed by atoms with Crippen molar-refractivity contribution in [2.24, 2.45) is 0 Å². The molecule has 1 amide bonds. The van der Waals surface area contributed by atoms with Crippen molar-refractivity contribution in [1.29, 1.82) is 0 Å². The highest BCUT2D eigenvalue weighted by atomic mass is 16.6. The molecule has 1 saturated heterocycles. The first-order valence-electron chi connectivity index (χ1n) is 7.24. The number of nitrogens with one attached hydrogen (secondary N) is 1. The van der Waals surface area contributed by atoms with Gasteiger partial charge in [-0.15, -0.1) is 0 Å². The summed E-state index contributed by atoms with van der Waals surface area (Å²) in [5.41, 5.74) is -0.444. The maximum Gasteiger partial charge on any atom is 0.407 e. The molecule has 5 nitrogen and oxygen atoms in total. The molecule has 1 unspecified atom stereocenters. The van der Waals surface area contributed by atoms with Crippen LogP contribution in [0.3, 0.4) is 0 Å². The van der Waals surface area contributed by atoms with Crippen LogP contribution in [-0.4, -0.2) is 54.0 Å². The maximum atomic E-state index is 11.6. The van der Waals surface area contributed by atoms with Crippen LogP contribution in [0.2, 0.25) is 0 Å². The second-order valence-corrected chi connectivity index (χ2v) is 6.15. The standard InChI is InChI=1S/C14H28N2O3/c1-14(2,3)19-13(18)15-11-12-7-6-9-16(12)8-4-5-10-17/h12,17H,4-11H2,1-3H3,(H,15,18). The molecule has 0 aliphatic carbocycles. The molecule has 0 saturated carbocycles. The van der Waals surface area contributed by atoms with Crippen molar-refractivity contribution < 1.29 is 14.6 Å². The van der Waals surface area contributed by atoms with Crippen molar-refractivity contribution in [3.8, 4) is 0 Å². The molecule has 0 bridgehead atoms.